The zero-order valence-corrected chi connectivity index (χ0v) is 9.53. The molecule has 0 aliphatic rings. The molecule has 0 spiro atoms. The summed E-state index contributed by atoms with van der Waals surface area (Å²) >= 11 is 0. The van der Waals surface area contributed by atoms with Crippen LogP contribution in [0, 0.1) is 0 Å². The first-order chi connectivity index (χ1) is 6.45. The molecule has 1 aromatic heterocycles. The minimum Gasteiger partial charge on any atom is -0.657 e. The van der Waals surface area contributed by atoms with Gasteiger partial charge in [-0.1, -0.05) is 48.5 Å². The van der Waals surface area contributed by atoms with E-state index in [0.717, 1.165) is 11.0 Å². The number of hydrogen-bond acceptors (Lipinski definition) is 0. The zero-order chi connectivity index (χ0) is 8.67. The summed E-state index contributed by atoms with van der Waals surface area (Å²) in [7, 11) is 0. The van der Waals surface area contributed by atoms with E-state index in [9.17, 15) is 0 Å². The molecule has 0 saturated carbocycles. The van der Waals surface area contributed by atoms with Gasteiger partial charge in [-0.2, -0.15) is 0 Å². The summed E-state index contributed by atoms with van der Waals surface area (Å²) in [4.78, 5) is 4.52. The molecule has 1 heterocycles. The molecule has 0 atom stereocenters. The number of rotatable bonds is 0. The maximum atomic E-state index is 4.52. The summed E-state index contributed by atoms with van der Waals surface area (Å²) < 4.78 is 0. The van der Waals surface area contributed by atoms with Gasteiger partial charge in [0.25, 0.3) is 0 Å². The molecule has 3 aromatic rings. The van der Waals surface area contributed by atoms with Crippen LogP contribution in [-0.2, 0) is 22.4 Å². The summed E-state index contributed by atoms with van der Waals surface area (Å²) in [6.45, 7) is 0. The van der Waals surface area contributed by atoms with E-state index in [1.807, 2.05) is 12.1 Å². The van der Waals surface area contributed by atoms with Crippen LogP contribution in [0.3, 0.4) is 0 Å². The van der Waals surface area contributed by atoms with Gasteiger partial charge in [0.1, 0.15) is 0 Å². The first-order valence-electron chi connectivity index (χ1n) is 4.35. The molecular weight excluding hydrogens is 355 g/mol. The van der Waals surface area contributed by atoms with Gasteiger partial charge in [0, 0.05) is 0 Å². The van der Waals surface area contributed by atoms with Crippen LogP contribution in [0.15, 0.2) is 48.5 Å². The van der Waals surface area contributed by atoms with E-state index in [-0.39, 0.29) is 22.4 Å². The molecule has 0 N–H and O–H groups in total. The maximum absolute atomic E-state index is 4.52. The van der Waals surface area contributed by atoms with Crippen molar-refractivity contribution in [3.05, 3.63) is 48.5 Å². The van der Waals surface area contributed by atoms with Gasteiger partial charge in [-0.05, 0) is 10.8 Å². The molecule has 1 nitrogen and oxygen atoms in total. The van der Waals surface area contributed by atoms with Crippen molar-refractivity contribution in [2.75, 3.05) is 0 Å². The van der Waals surface area contributed by atoms with Crippen LogP contribution in [0.2, 0.25) is 0 Å². The number of fused-ring (bicyclic) bond motifs is 3. The molecule has 0 aliphatic heterocycles. The Morgan fingerprint density at radius 1 is 0.643 bits per heavy atom. The molecule has 0 radical (unpaired) electrons. The van der Waals surface area contributed by atoms with Gasteiger partial charge < -0.3 is 4.98 Å². The fourth-order valence-corrected chi connectivity index (χ4v) is 1.73. The Hall–Kier alpha value is -1.02. The summed E-state index contributed by atoms with van der Waals surface area (Å²) in [5.41, 5.74) is 2.17. The number of hydrogen-bond donors (Lipinski definition) is 0. The SMILES string of the molecule is [Au+].c1ccc2c(c1)[n-]c1ccccc12. The van der Waals surface area contributed by atoms with Gasteiger partial charge in [0.15, 0.2) is 0 Å². The summed E-state index contributed by atoms with van der Waals surface area (Å²) in [5.74, 6) is 0. The summed E-state index contributed by atoms with van der Waals surface area (Å²) in [6.07, 6.45) is 0. The van der Waals surface area contributed by atoms with Gasteiger partial charge in [-0.25, -0.2) is 0 Å². The molecule has 0 bridgehead atoms. The molecule has 14 heavy (non-hydrogen) atoms. The number of benzene rings is 2. The standard InChI is InChI=1S/C12H8N.Au/c1-3-7-11-9(5-1)10-6-2-4-8-12(10)13-11;/h1-8H;/q-1;+1. The second-order valence-electron chi connectivity index (χ2n) is 3.15. The van der Waals surface area contributed by atoms with Crippen molar-refractivity contribution < 1.29 is 22.4 Å². The molecular formula is C12H8AuN. The monoisotopic (exact) mass is 363 g/mol. The van der Waals surface area contributed by atoms with Crippen molar-refractivity contribution in [2.45, 2.75) is 0 Å². The Bertz CT molecular complexity index is 518. The van der Waals surface area contributed by atoms with Gasteiger partial charge in [-0.3, -0.25) is 0 Å². The molecule has 0 aliphatic carbocycles. The largest absolute Gasteiger partial charge is 1.00 e. The minimum absolute atomic E-state index is 0. The van der Waals surface area contributed by atoms with Crippen LogP contribution >= 0.6 is 0 Å². The summed E-state index contributed by atoms with van der Waals surface area (Å²) in [6, 6.07) is 16.5. The van der Waals surface area contributed by atoms with Crippen LogP contribution in [0.5, 0.6) is 0 Å². The van der Waals surface area contributed by atoms with Crippen molar-refractivity contribution in [1.29, 1.82) is 0 Å². The quantitative estimate of drug-likeness (QED) is 0.561. The van der Waals surface area contributed by atoms with Crippen LogP contribution in [0.25, 0.3) is 21.8 Å². The van der Waals surface area contributed by atoms with E-state index in [1.54, 1.807) is 0 Å². The van der Waals surface area contributed by atoms with Crippen molar-refractivity contribution in [3.8, 4) is 0 Å². The van der Waals surface area contributed by atoms with Gasteiger partial charge in [0.2, 0.25) is 0 Å². The number of nitrogens with zero attached hydrogens (tertiary/aromatic N) is 1. The molecule has 3 rings (SSSR count). The first-order valence-corrected chi connectivity index (χ1v) is 4.35. The first kappa shape index (κ1) is 9.53. The third kappa shape index (κ3) is 1.30. The van der Waals surface area contributed by atoms with Crippen molar-refractivity contribution >= 4 is 21.8 Å². The van der Waals surface area contributed by atoms with Crippen LogP contribution in [-0.4, -0.2) is 0 Å². The second kappa shape index (κ2) is 3.62. The summed E-state index contributed by atoms with van der Waals surface area (Å²) in [5, 5.41) is 2.50. The minimum atomic E-state index is 0. The smallest absolute Gasteiger partial charge is 0.657 e. The Labute approximate surface area is 97.6 Å². The van der Waals surface area contributed by atoms with Crippen molar-refractivity contribution in [1.82, 2.24) is 4.98 Å². The number of para-hydroxylation sites is 2. The molecule has 72 valence electrons. The van der Waals surface area contributed by atoms with Gasteiger partial charge in [-0.15, -0.1) is 11.0 Å². The van der Waals surface area contributed by atoms with E-state index < -0.39 is 0 Å². The third-order valence-corrected chi connectivity index (χ3v) is 2.34. The van der Waals surface area contributed by atoms with Crippen molar-refractivity contribution in [3.63, 3.8) is 0 Å². The van der Waals surface area contributed by atoms with Crippen LogP contribution < -0.4 is 4.98 Å². The molecule has 0 unspecified atom stereocenters. The number of aromatic nitrogens is 1. The Balaban J connectivity index is 0.000000750. The second-order valence-corrected chi connectivity index (χ2v) is 3.15. The average Bonchev–Trinajstić information content (AvgIpc) is 2.56. The fourth-order valence-electron chi connectivity index (χ4n) is 1.73. The van der Waals surface area contributed by atoms with Crippen LogP contribution in [0.1, 0.15) is 0 Å². The molecule has 2 aromatic carbocycles. The van der Waals surface area contributed by atoms with E-state index in [2.05, 4.69) is 41.4 Å². The molecule has 0 fully saturated rings. The molecule has 2 heteroatoms. The topological polar surface area (TPSA) is 14.1 Å². The Morgan fingerprint density at radius 3 is 1.57 bits per heavy atom. The van der Waals surface area contributed by atoms with Gasteiger partial charge >= 0.3 is 22.4 Å². The normalized spacial score (nSPS) is 10.3. The predicted molar refractivity (Wildman–Crippen MR) is 54.8 cm³/mol. The van der Waals surface area contributed by atoms with Crippen molar-refractivity contribution in [2.24, 2.45) is 0 Å². The Kier molecular flexibility index (Phi) is 2.46. The van der Waals surface area contributed by atoms with E-state index in [4.69, 9.17) is 0 Å². The molecule has 0 amide bonds. The third-order valence-electron chi connectivity index (χ3n) is 2.34. The average molecular weight is 363 g/mol. The predicted octanol–water partition coefficient (Wildman–Crippen LogP) is 2.95. The van der Waals surface area contributed by atoms with E-state index in [0.29, 0.717) is 0 Å². The van der Waals surface area contributed by atoms with E-state index >= 15 is 0 Å². The fraction of sp³-hybridized carbons (Fsp3) is 0. The maximum Gasteiger partial charge on any atom is 1.00 e. The zero-order valence-electron chi connectivity index (χ0n) is 7.37. The van der Waals surface area contributed by atoms with Crippen LogP contribution in [0.4, 0.5) is 0 Å². The Morgan fingerprint density at radius 2 is 1.07 bits per heavy atom. The van der Waals surface area contributed by atoms with Gasteiger partial charge in [0.05, 0.1) is 0 Å². The molecule has 0 saturated heterocycles. The van der Waals surface area contributed by atoms with E-state index in [1.165, 1.54) is 10.8 Å².